The van der Waals surface area contributed by atoms with Crippen LogP contribution < -0.4 is 0 Å². The molecular formula is C11H16BrNO2S2. The Morgan fingerprint density at radius 1 is 1.47 bits per heavy atom. The number of nitrogens with zero attached hydrogens (tertiary/aromatic N) is 1. The molecule has 0 saturated carbocycles. The number of hydrogen-bond acceptors (Lipinski definition) is 3. The standard InChI is InChI=1S/C11H16BrNO2S2/c1-8-7-9(16-10(8)12)17(14,15)13-6-4-5-11(13,2)3/h7H,4-6H2,1-3H3. The van der Waals surface area contributed by atoms with Gasteiger partial charge in [-0.3, -0.25) is 0 Å². The van der Waals surface area contributed by atoms with E-state index >= 15 is 0 Å². The Labute approximate surface area is 115 Å². The SMILES string of the molecule is Cc1cc(S(=O)(=O)N2CCCC2(C)C)sc1Br. The molecule has 0 amide bonds. The molecule has 1 aromatic rings. The lowest BCUT2D eigenvalue weighted by Crippen LogP contribution is -2.42. The Kier molecular flexibility index (Phi) is 3.44. The van der Waals surface area contributed by atoms with Gasteiger partial charge in [-0.2, -0.15) is 4.31 Å². The van der Waals surface area contributed by atoms with Gasteiger partial charge in [-0.25, -0.2) is 8.42 Å². The number of thiophene rings is 1. The lowest BCUT2D eigenvalue weighted by Gasteiger charge is -2.29. The number of rotatable bonds is 2. The summed E-state index contributed by atoms with van der Waals surface area (Å²) in [5.41, 5.74) is 0.717. The fourth-order valence-electron chi connectivity index (χ4n) is 2.20. The van der Waals surface area contributed by atoms with Gasteiger partial charge in [0, 0.05) is 12.1 Å². The number of hydrogen-bond donors (Lipinski definition) is 0. The minimum Gasteiger partial charge on any atom is -0.206 e. The molecule has 2 rings (SSSR count). The molecule has 0 N–H and O–H groups in total. The maximum absolute atomic E-state index is 12.5. The maximum atomic E-state index is 12.5. The van der Waals surface area contributed by atoms with Crippen molar-refractivity contribution >= 4 is 37.3 Å². The summed E-state index contributed by atoms with van der Waals surface area (Å²) >= 11 is 4.68. The largest absolute Gasteiger partial charge is 0.253 e. The van der Waals surface area contributed by atoms with E-state index in [0.29, 0.717) is 10.8 Å². The molecule has 0 atom stereocenters. The Balaban J connectivity index is 2.43. The van der Waals surface area contributed by atoms with E-state index in [9.17, 15) is 8.42 Å². The van der Waals surface area contributed by atoms with Gasteiger partial charge in [0.05, 0.1) is 3.79 Å². The van der Waals surface area contributed by atoms with Crippen LogP contribution >= 0.6 is 27.3 Å². The third-order valence-electron chi connectivity index (χ3n) is 3.20. The first-order chi connectivity index (χ1) is 7.75. The van der Waals surface area contributed by atoms with Crippen molar-refractivity contribution in [3.05, 3.63) is 15.4 Å². The molecule has 0 spiro atoms. The summed E-state index contributed by atoms with van der Waals surface area (Å²) in [5, 5.41) is 0. The van der Waals surface area contributed by atoms with E-state index in [1.807, 2.05) is 20.8 Å². The summed E-state index contributed by atoms with van der Waals surface area (Å²) in [7, 11) is -3.33. The van der Waals surface area contributed by atoms with E-state index in [1.54, 1.807) is 10.4 Å². The highest BCUT2D eigenvalue weighted by molar-refractivity contribution is 9.11. The Morgan fingerprint density at radius 2 is 2.12 bits per heavy atom. The van der Waals surface area contributed by atoms with Crippen LogP contribution in [0.2, 0.25) is 0 Å². The van der Waals surface area contributed by atoms with Crippen LogP contribution in [0.5, 0.6) is 0 Å². The van der Waals surface area contributed by atoms with Crippen LogP contribution in [0.3, 0.4) is 0 Å². The number of sulfonamides is 1. The Hall–Kier alpha value is 0.0900. The molecule has 96 valence electrons. The van der Waals surface area contributed by atoms with Crippen LogP contribution in [0, 0.1) is 6.92 Å². The van der Waals surface area contributed by atoms with Gasteiger partial charge in [-0.05, 0) is 61.2 Å². The van der Waals surface area contributed by atoms with Gasteiger partial charge in [0.2, 0.25) is 0 Å². The van der Waals surface area contributed by atoms with Crippen LogP contribution in [-0.2, 0) is 10.0 Å². The second kappa shape index (κ2) is 4.33. The topological polar surface area (TPSA) is 37.4 Å². The van der Waals surface area contributed by atoms with Crippen LogP contribution in [0.1, 0.15) is 32.3 Å². The number of halogens is 1. The molecule has 0 aliphatic carbocycles. The predicted octanol–water partition coefficient (Wildman–Crippen LogP) is 3.38. The zero-order valence-electron chi connectivity index (χ0n) is 10.2. The minimum absolute atomic E-state index is 0.261. The van der Waals surface area contributed by atoms with Gasteiger partial charge in [0.15, 0.2) is 0 Å². The molecule has 0 unspecified atom stereocenters. The molecule has 1 saturated heterocycles. The quantitative estimate of drug-likeness (QED) is 0.829. The molecule has 1 fully saturated rings. The molecule has 3 nitrogen and oxygen atoms in total. The Bertz CT molecular complexity index is 514. The fraction of sp³-hybridized carbons (Fsp3) is 0.636. The highest BCUT2D eigenvalue weighted by Gasteiger charge is 2.41. The molecule has 1 aromatic heterocycles. The van der Waals surface area contributed by atoms with Gasteiger partial charge in [0.25, 0.3) is 10.0 Å². The molecule has 17 heavy (non-hydrogen) atoms. The highest BCUT2D eigenvalue weighted by atomic mass is 79.9. The zero-order chi connectivity index (χ0) is 12.8. The maximum Gasteiger partial charge on any atom is 0.253 e. The average molecular weight is 338 g/mol. The third kappa shape index (κ3) is 2.32. The van der Waals surface area contributed by atoms with E-state index in [0.717, 1.165) is 22.2 Å². The molecule has 0 aromatic carbocycles. The summed E-state index contributed by atoms with van der Waals surface area (Å²) in [6.45, 7) is 6.53. The first kappa shape index (κ1) is 13.5. The summed E-state index contributed by atoms with van der Waals surface area (Å²) < 4.78 is 28.0. The van der Waals surface area contributed by atoms with Gasteiger partial charge < -0.3 is 0 Å². The van der Waals surface area contributed by atoms with E-state index in [2.05, 4.69) is 15.9 Å². The van der Waals surface area contributed by atoms with E-state index in [1.165, 1.54) is 11.3 Å². The van der Waals surface area contributed by atoms with Gasteiger partial charge >= 0.3 is 0 Å². The van der Waals surface area contributed by atoms with Crippen molar-refractivity contribution < 1.29 is 8.42 Å². The molecule has 1 aliphatic heterocycles. The lowest BCUT2D eigenvalue weighted by atomic mass is 10.0. The smallest absolute Gasteiger partial charge is 0.206 e. The van der Waals surface area contributed by atoms with Gasteiger partial charge in [0.1, 0.15) is 4.21 Å². The first-order valence-electron chi connectivity index (χ1n) is 5.54. The predicted molar refractivity (Wildman–Crippen MR) is 74.0 cm³/mol. The summed E-state index contributed by atoms with van der Waals surface area (Å²) in [4.78, 5) is 0. The molecule has 0 radical (unpaired) electrons. The van der Waals surface area contributed by atoms with Crippen molar-refractivity contribution in [1.82, 2.24) is 4.31 Å². The van der Waals surface area contributed by atoms with E-state index in [4.69, 9.17) is 0 Å². The molecule has 2 heterocycles. The lowest BCUT2D eigenvalue weighted by molar-refractivity contribution is 0.292. The second-order valence-corrected chi connectivity index (χ2v) is 9.47. The summed E-state index contributed by atoms with van der Waals surface area (Å²) in [6.07, 6.45) is 1.87. The highest BCUT2D eigenvalue weighted by Crippen LogP contribution is 2.38. The zero-order valence-corrected chi connectivity index (χ0v) is 13.4. The molecule has 0 bridgehead atoms. The Morgan fingerprint density at radius 3 is 2.53 bits per heavy atom. The minimum atomic E-state index is -3.33. The van der Waals surface area contributed by atoms with Crippen LogP contribution in [0.15, 0.2) is 14.1 Å². The third-order valence-corrected chi connectivity index (χ3v) is 7.90. The van der Waals surface area contributed by atoms with E-state index < -0.39 is 10.0 Å². The van der Waals surface area contributed by atoms with Crippen molar-refractivity contribution in [2.45, 2.75) is 43.4 Å². The fourth-order valence-corrected chi connectivity index (χ4v) is 6.38. The second-order valence-electron chi connectivity index (χ2n) is 5.02. The van der Waals surface area contributed by atoms with Gasteiger partial charge in [-0.1, -0.05) is 0 Å². The average Bonchev–Trinajstić information content (AvgIpc) is 2.71. The van der Waals surface area contributed by atoms with Crippen molar-refractivity contribution in [1.29, 1.82) is 0 Å². The van der Waals surface area contributed by atoms with E-state index in [-0.39, 0.29) is 5.54 Å². The monoisotopic (exact) mass is 337 g/mol. The summed E-state index contributed by atoms with van der Waals surface area (Å²) in [5.74, 6) is 0. The van der Waals surface area contributed by atoms with Crippen LogP contribution in [0.4, 0.5) is 0 Å². The molecular weight excluding hydrogens is 322 g/mol. The van der Waals surface area contributed by atoms with Gasteiger partial charge in [-0.15, -0.1) is 11.3 Å². The molecule has 6 heteroatoms. The van der Waals surface area contributed by atoms with Crippen LogP contribution in [0.25, 0.3) is 0 Å². The molecule has 1 aliphatic rings. The summed E-state index contributed by atoms with van der Waals surface area (Å²) in [6, 6.07) is 1.75. The van der Waals surface area contributed by atoms with Crippen molar-refractivity contribution in [3.63, 3.8) is 0 Å². The van der Waals surface area contributed by atoms with Crippen LogP contribution in [-0.4, -0.2) is 24.8 Å². The van der Waals surface area contributed by atoms with Crippen molar-refractivity contribution in [2.24, 2.45) is 0 Å². The first-order valence-corrected chi connectivity index (χ1v) is 8.59. The van der Waals surface area contributed by atoms with Crippen molar-refractivity contribution in [2.75, 3.05) is 6.54 Å². The number of aryl methyl sites for hydroxylation is 1. The van der Waals surface area contributed by atoms with Crippen molar-refractivity contribution in [3.8, 4) is 0 Å². The normalized spacial score (nSPS) is 20.9.